The van der Waals surface area contributed by atoms with E-state index in [1.165, 1.54) is 0 Å². The molecule has 0 unspecified atom stereocenters. The van der Waals surface area contributed by atoms with Crippen LogP contribution in [0.5, 0.6) is 0 Å². The van der Waals surface area contributed by atoms with Crippen molar-refractivity contribution in [2.24, 2.45) is 5.92 Å². The minimum atomic E-state index is -3.58. The Bertz CT molecular complexity index is 588. The smallest absolute Gasteiger partial charge is 0.197 e. The first kappa shape index (κ1) is 14.1. The molecule has 0 bridgehead atoms. The zero-order chi connectivity index (χ0) is 14.1. The molecule has 1 saturated carbocycles. The molecule has 0 saturated heterocycles. The van der Waals surface area contributed by atoms with E-state index < -0.39 is 14.6 Å². The maximum atomic E-state index is 12.7. The number of nitrogens with zero attached hydrogens (tertiary/aromatic N) is 1. The van der Waals surface area contributed by atoms with Gasteiger partial charge in [-0.25, -0.2) is 8.42 Å². The lowest BCUT2D eigenvalue weighted by Gasteiger charge is -2.33. The largest absolute Gasteiger partial charge is 0.222 e. The molecule has 1 fully saturated rings. The lowest BCUT2D eigenvalue weighted by molar-refractivity contribution is 0.345. The monoisotopic (exact) mass is 277 g/mol. The third-order valence-electron chi connectivity index (χ3n) is 4.13. The van der Waals surface area contributed by atoms with Gasteiger partial charge in [-0.3, -0.25) is 0 Å². The van der Waals surface area contributed by atoms with Crippen molar-refractivity contribution in [1.29, 1.82) is 5.26 Å². The molecule has 0 N–H and O–H groups in total. The van der Waals surface area contributed by atoms with Gasteiger partial charge in [-0.15, -0.1) is 0 Å². The Kier molecular flexibility index (Phi) is 3.69. The van der Waals surface area contributed by atoms with E-state index in [0.717, 1.165) is 18.4 Å². The topological polar surface area (TPSA) is 57.9 Å². The molecule has 3 nitrogen and oxygen atoms in total. The third-order valence-corrected chi connectivity index (χ3v) is 6.55. The second-order valence-corrected chi connectivity index (χ2v) is 7.86. The summed E-state index contributed by atoms with van der Waals surface area (Å²) in [5.41, 5.74) is 1.02. The molecular formula is C15H19NO2S. The van der Waals surface area contributed by atoms with Gasteiger partial charge in [-0.2, -0.15) is 5.26 Å². The molecule has 0 heterocycles. The number of hydrogen-bond donors (Lipinski definition) is 0. The fourth-order valence-electron chi connectivity index (χ4n) is 2.61. The summed E-state index contributed by atoms with van der Waals surface area (Å²) >= 11 is 0. The predicted molar refractivity (Wildman–Crippen MR) is 74.3 cm³/mol. The standard InChI is InChI=1S/C15H19NO2S/c1-12-3-5-14(6-4-12)19(17,18)15(11-16)9-7-13(2)8-10-15/h3-6,13H,7-10H2,1-2H3. The zero-order valence-electron chi connectivity index (χ0n) is 11.4. The summed E-state index contributed by atoms with van der Waals surface area (Å²) < 4.78 is 24.2. The van der Waals surface area contributed by atoms with Crippen LogP contribution in [0.4, 0.5) is 0 Å². The number of aryl methyl sites for hydroxylation is 1. The van der Waals surface area contributed by atoms with E-state index >= 15 is 0 Å². The van der Waals surface area contributed by atoms with Crippen molar-refractivity contribution < 1.29 is 8.42 Å². The van der Waals surface area contributed by atoms with Gasteiger partial charge in [0.25, 0.3) is 0 Å². The summed E-state index contributed by atoms with van der Waals surface area (Å²) in [6.07, 6.45) is 2.50. The lowest BCUT2D eigenvalue weighted by atomic mass is 9.83. The minimum absolute atomic E-state index is 0.272. The van der Waals surface area contributed by atoms with E-state index in [-0.39, 0.29) is 4.90 Å². The van der Waals surface area contributed by atoms with Gasteiger partial charge in [0.2, 0.25) is 0 Å². The van der Waals surface area contributed by atoms with Gasteiger partial charge in [0.1, 0.15) is 0 Å². The van der Waals surface area contributed by atoms with E-state index in [0.29, 0.717) is 18.8 Å². The summed E-state index contributed by atoms with van der Waals surface area (Å²) in [5.74, 6) is 0.509. The van der Waals surface area contributed by atoms with Gasteiger partial charge in [0, 0.05) is 0 Å². The average molecular weight is 277 g/mol. The summed E-state index contributed by atoms with van der Waals surface area (Å²) in [6.45, 7) is 4.03. The van der Waals surface area contributed by atoms with Gasteiger partial charge in [-0.05, 0) is 50.7 Å². The van der Waals surface area contributed by atoms with Crippen molar-refractivity contribution in [2.75, 3.05) is 0 Å². The van der Waals surface area contributed by atoms with Crippen molar-refractivity contribution in [3.8, 4) is 6.07 Å². The maximum absolute atomic E-state index is 12.7. The molecule has 0 amide bonds. The molecule has 4 heteroatoms. The van der Waals surface area contributed by atoms with Gasteiger partial charge in [0.05, 0.1) is 11.0 Å². The second kappa shape index (κ2) is 4.97. The Morgan fingerprint density at radius 1 is 1.21 bits per heavy atom. The Morgan fingerprint density at radius 3 is 2.21 bits per heavy atom. The molecule has 0 atom stereocenters. The third kappa shape index (κ3) is 2.40. The minimum Gasteiger partial charge on any atom is -0.222 e. The Labute approximate surface area is 115 Å². The van der Waals surface area contributed by atoms with Gasteiger partial charge in [0.15, 0.2) is 14.6 Å². The van der Waals surface area contributed by atoms with Crippen molar-refractivity contribution in [2.45, 2.75) is 49.2 Å². The van der Waals surface area contributed by atoms with Crippen molar-refractivity contribution >= 4 is 9.84 Å². The summed E-state index contributed by atoms with van der Waals surface area (Å²) in [4.78, 5) is 0.272. The molecule has 0 spiro atoms. The number of benzene rings is 1. The van der Waals surface area contributed by atoms with Crippen molar-refractivity contribution in [3.63, 3.8) is 0 Å². The van der Waals surface area contributed by atoms with E-state index in [9.17, 15) is 13.7 Å². The zero-order valence-corrected chi connectivity index (χ0v) is 12.2. The molecule has 102 valence electrons. The summed E-state index contributed by atoms with van der Waals surface area (Å²) in [6, 6.07) is 8.89. The molecule has 0 radical (unpaired) electrons. The molecule has 1 aromatic carbocycles. The predicted octanol–water partition coefficient (Wildman–Crippen LogP) is 3.24. The Hall–Kier alpha value is -1.34. The average Bonchev–Trinajstić information content (AvgIpc) is 2.40. The van der Waals surface area contributed by atoms with Gasteiger partial charge >= 0.3 is 0 Å². The normalized spacial score (nSPS) is 27.7. The highest BCUT2D eigenvalue weighted by Crippen LogP contribution is 2.40. The Balaban J connectivity index is 2.43. The quantitative estimate of drug-likeness (QED) is 0.833. The van der Waals surface area contributed by atoms with Gasteiger partial charge in [-0.1, -0.05) is 24.6 Å². The molecule has 0 aliphatic heterocycles. The number of sulfone groups is 1. The summed E-state index contributed by atoms with van der Waals surface area (Å²) in [7, 11) is -3.58. The van der Waals surface area contributed by atoms with E-state index in [1.54, 1.807) is 24.3 Å². The summed E-state index contributed by atoms with van der Waals surface area (Å²) in [5, 5.41) is 9.45. The Morgan fingerprint density at radius 2 is 1.74 bits per heavy atom. The maximum Gasteiger partial charge on any atom is 0.197 e. The fourth-order valence-corrected chi connectivity index (χ4v) is 4.45. The van der Waals surface area contributed by atoms with Crippen LogP contribution in [0.25, 0.3) is 0 Å². The van der Waals surface area contributed by atoms with Crippen LogP contribution in [0.15, 0.2) is 29.2 Å². The van der Waals surface area contributed by atoms with Gasteiger partial charge < -0.3 is 0 Å². The van der Waals surface area contributed by atoms with Crippen molar-refractivity contribution in [3.05, 3.63) is 29.8 Å². The van der Waals surface area contributed by atoms with Crippen LogP contribution in [0.3, 0.4) is 0 Å². The highest BCUT2D eigenvalue weighted by Gasteiger charge is 2.46. The number of nitriles is 1. The molecule has 19 heavy (non-hydrogen) atoms. The van der Waals surface area contributed by atoms with Crippen LogP contribution in [0.1, 0.15) is 38.2 Å². The first-order chi connectivity index (χ1) is 8.91. The molecule has 2 rings (SSSR count). The van der Waals surface area contributed by atoms with Crippen LogP contribution in [0.2, 0.25) is 0 Å². The molecule has 0 aromatic heterocycles. The van der Waals surface area contributed by atoms with Crippen LogP contribution < -0.4 is 0 Å². The first-order valence-corrected chi connectivity index (χ1v) is 8.12. The first-order valence-electron chi connectivity index (χ1n) is 6.64. The van der Waals surface area contributed by atoms with E-state index in [1.807, 2.05) is 6.92 Å². The highest BCUT2D eigenvalue weighted by atomic mass is 32.2. The van der Waals surface area contributed by atoms with E-state index in [2.05, 4.69) is 13.0 Å². The molecule has 1 aliphatic carbocycles. The fraction of sp³-hybridized carbons (Fsp3) is 0.533. The van der Waals surface area contributed by atoms with E-state index in [4.69, 9.17) is 0 Å². The SMILES string of the molecule is Cc1ccc(S(=O)(=O)C2(C#N)CCC(C)CC2)cc1. The second-order valence-electron chi connectivity index (χ2n) is 5.61. The molecular weight excluding hydrogens is 258 g/mol. The van der Waals surface area contributed by atoms with Crippen molar-refractivity contribution in [1.82, 2.24) is 0 Å². The molecule has 1 aromatic rings. The highest BCUT2D eigenvalue weighted by molar-refractivity contribution is 7.93. The number of rotatable bonds is 2. The lowest BCUT2D eigenvalue weighted by Crippen LogP contribution is -2.40. The van der Waals surface area contributed by atoms with Crippen LogP contribution >= 0.6 is 0 Å². The van der Waals surface area contributed by atoms with Crippen LogP contribution in [-0.4, -0.2) is 13.2 Å². The number of hydrogen-bond acceptors (Lipinski definition) is 3. The molecule has 1 aliphatic rings. The van der Waals surface area contributed by atoms with Crippen LogP contribution in [0, 0.1) is 24.2 Å². The van der Waals surface area contributed by atoms with Crippen LogP contribution in [-0.2, 0) is 9.84 Å².